The van der Waals surface area contributed by atoms with E-state index in [1.807, 2.05) is 0 Å². The summed E-state index contributed by atoms with van der Waals surface area (Å²) in [5, 5.41) is 0. The molecule has 18 heavy (non-hydrogen) atoms. The van der Waals surface area contributed by atoms with Crippen LogP contribution >= 0.6 is 11.8 Å². The molecule has 5 nitrogen and oxygen atoms in total. The van der Waals surface area contributed by atoms with Gasteiger partial charge in [-0.05, 0) is 19.1 Å². The first-order valence-electron chi connectivity index (χ1n) is 5.20. The van der Waals surface area contributed by atoms with E-state index in [0.717, 1.165) is 4.42 Å². The lowest BCUT2D eigenvalue weighted by Crippen LogP contribution is -2.23. The number of rotatable bonds is 5. The minimum absolute atomic E-state index is 0.264. The highest BCUT2D eigenvalue weighted by Crippen LogP contribution is 2.38. The largest absolute Gasteiger partial charge is 0.494 e. The minimum Gasteiger partial charge on any atom is -0.494 e. The lowest BCUT2D eigenvalue weighted by Gasteiger charge is -2.19. The molecule has 1 aromatic rings. The fourth-order valence-electron chi connectivity index (χ4n) is 1.43. The molecule has 1 rings (SSSR count). The molecule has 0 saturated heterocycles. The van der Waals surface area contributed by atoms with Gasteiger partial charge in [0.15, 0.2) is 0 Å². The summed E-state index contributed by atoms with van der Waals surface area (Å²) in [6.07, 6.45) is -0.273. The number of methoxy groups -OCH3 is 2. The summed E-state index contributed by atoms with van der Waals surface area (Å²) in [6, 6.07) is 5.00. The molecule has 0 unspecified atom stereocenters. The Labute approximate surface area is 110 Å². The fraction of sp³-hybridized carbons (Fsp3) is 0.333. The zero-order valence-electron chi connectivity index (χ0n) is 10.4. The highest BCUT2D eigenvalue weighted by Gasteiger charge is 2.22. The molecule has 0 saturated carbocycles. The first-order chi connectivity index (χ1) is 8.51. The van der Waals surface area contributed by atoms with Crippen LogP contribution < -0.4 is 13.9 Å². The van der Waals surface area contributed by atoms with Gasteiger partial charge in [-0.25, -0.2) is 4.42 Å². The monoisotopic (exact) mass is 271 g/mol. The first-order valence-corrected chi connectivity index (χ1v) is 5.54. The molecule has 0 aliphatic rings. The number of ether oxygens (including phenoxy) is 2. The van der Waals surface area contributed by atoms with Crippen molar-refractivity contribution in [2.75, 3.05) is 18.6 Å². The maximum atomic E-state index is 11.8. The number of amides is 1. The smallest absolute Gasteiger partial charge is 0.249 e. The Hall–Kier alpha value is -1.75. The van der Waals surface area contributed by atoms with Crippen LogP contribution in [-0.4, -0.2) is 25.9 Å². The summed E-state index contributed by atoms with van der Waals surface area (Å²) in [4.78, 5) is 22.7. The number of para-hydroxylation sites is 1. The number of carbonyl (C=O) groups is 2. The van der Waals surface area contributed by atoms with Gasteiger partial charge in [0, 0.05) is 11.8 Å². The summed E-state index contributed by atoms with van der Waals surface area (Å²) in [5.41, 5.74) is 0.287. The van der Waals surface area contributed by atoms with Crippen LogP contribution in [0, 0.1) is 0 Å². The molecule has 98 valence electrons. The van der Waals surface area contributed by atoms with E-state index in [1.54, 1.807) is 18.2 Å². The van der Waals surface area contributed by atoms with Crippen LogP contribution in [0.3, 0.4) is 0 Å². The zero-order chi connectivity index (χ0) is 13.7. The Kier molecular flexibility index (Phi) is 4.97. The van der Waals surface area contributed by atoms with Crippen molar-refractivity contribution < 1.29 is 19.1 Å². The van der Waals surface area contributed by atoms with E-state index >= 15 is 0 Å². The van der Waals surface area contributed by atoms with Crippen molar-refractivity contribution in [1.29, 1.82) is 0 Å². The normalized spacial score (nSPS) is 9.78. The predicted molar refractivity (Wildman–Crippen MR) is 68.2 cm³/mol. The van der Waals surface area contributed by atoms with E-state index in [4.69, 9.17) is 21.3 Å². The van der Waals surface area contributed by atoms with Gasteiger partial charge in [-0.15, -0.1) is 0 Å². The SMILES string of the molecule is COc1cccc(OC)c1N(Cl)C(=O)CC(C)=O. The third-order valence-corrected chi connectivity index (χ3v) is 2.57. The predicted octanol–water partition coefficient (Wildman–Crippen LogP) is 2.17. The second-order valence-electron chi connectivity index (χ2n) is 3.56. The topological polar surface area (TPSA) is 55.8 Å². The quantitative estimate of drug-likeness (QED) is 0.608. The molecular weight excluding hydrogens is 258 g/mol. The molecule has 0 heterocycles. The van der Waals surface area contributed by atoms with Gasteiger partial charge in [-0.2, -0.15) is 0 Å². The summed E-state index contributed by atoms with van der Waals surface area (Å²) < 4.78 is 11.1. The van der Waals surface area contributed by atoms with Crippen LogP contribution in [0.15, 0.2) is 18.2 Å². The molecule has 0 N–H and O–H groups in total. The summed E-state index contributed by atoms with van der Waals surface area (Å²) in [5.74, 6) is -0.0195. The zero-order valence-corrected chi connectivity index (χ0v) is 11.2. The van der Waals surface area contributed by atoms with Gasteiger partial charge in [-0.1, -0.05) is 6.07 Å². The molecule has 0 radical (unpaired) electrons. The summed E-state index contributed by atoms with van der Waals surface area (Å²) in [7, 11) is 2.91. The molecule has 0 spiro atoms. The van der Waals surface area contributed by atoms with Crippen LogP contribution in [0.5, 0.6) is 11.5 Å². The van der Waals surface area contributed by atoms with Crippen molar-refractivity contribution in [2.45, 2.75) is 13.3 Å². The Bertz CT molecular complexity index is 439. The number of Topliss-reactive ketones (excluding diaryl/α,β-unsaturated/α-hetero) is 1. The number of nitrogens with zero attached hydrogens (tertiary/aromatic N) is 1. The van der Waals surface area contributed by atoms with Gasteiger partial charge in [0.25, 0.3) is 0 Å². The Morgan fingerprint density at radius 3 is 2.11 bits per heavy atom. The van der Waals surface area contributed by atoms with Crippen LogP contribution in [0.2, 0.25) is 0 Å². The fourth-order valence-corrected chi connectivity index (χ4v) is 1.66. The van der Waals surface area contributed by atoms with Gasteiger partial charge >= 0.3 is 0 Å². The molecule has 0 aromatic heterocycles. The van der Waals surface area contributed by atoms with Crippen molar-refractivity contribution in [2.24, 2.45) is 0 Å². The molecule has 1 amide bonds. The van der Waals surface area contributed by atoms with E-state index in [2.05, 4.69) is 0 Å². The van der Waals surface area contributed by atoms with E-state index in [0.29, 0.717) is 11.5 Å². The minimum atomic E-state index is -0.535. The summed E-state index contributed by atoms with van der Waals surface area (Å²) in [6.45, 7) is 1.32. The number of hydrogen-bond donors (Lipinski definition) is 0. The Morgan fingerprint density at radius 1 is 1.22 bits per heavy atom. The number of hydrogen-bond acceptors (Lipinski definition) is 4. The van der Waals surface area contributed by atoms with Crippen LogP contribution in [0.4, 0.5) is 5.69 Å². The van der Waals surface area contributed by atoms with E-state index in [1.165, 1.54) is 21.1 Å². The average Bonchev–Trinajstić information content (AvgIpc) is 2.35. The van der Waals surface area contributed by atoms with Crippen molar-refractivity contribution in [3.05, 3.63) is 18.2 Å². The Balaban J connectivity index is 3.13. The second kappa shape index (κ2) is 6.26. The van der Waals surface area contributed by atoms with Crippen molar-refractivity contribution >= 4 is 29.2 Å². The molecule has 0 fully saturated rings. The van der Waals surface area contributed by atoms with Gasteiger partial charge in [-0.3, -0.25) is 9.59 Å². The average molecular weight is 272 g/mol. The first kappa shape index (κ1) is 14.3. The molecule has 0 aliphatic carbocycles. The van der Waals surface area contributed by atoms with Crippen LogP contribution in [-0.2, 0) is 9.59 Å². The number of carbonyl (C=O) groups excluding carboxylic acids is 2. The molecular formula is C12H14ClNO4. The van der Waals surface area contributed by atoms with Gasteiger partial charge in [0.2, 0.25) is 5.91 Å². The number of halogens is 1. The number of benzene rings is 1. The standard InChI is InChI=1S/C12H14ClNO4/c1-8(15)7-11(16)14(13)12-9(17-2)5-4-6-10(12)18-3/h4-6H,7H2,1-3H3. The molecule has 6 heteroatoms. The molecule has 0 atom stereocenters. The van der Waals surface area contributed by atoms with Gasteiger partial charge in [0.05, 0.1) is 20.6 Å². The highest BCUT2D eigenvalue weighted by molar-refractivity contribution is 6.38. The number of ketones is 1. The van der Waals surface area contributed by atoms with Gasteiger partial charge < -0.3 is 9.47 Å². The second-order valence-corrected chi connectivity index (χ2v) is 3.90. The van der Waals surface area contributed by atoms with Gasteiger partial charge in [0.1, 0.15) is 23.0 Å². The van der Waals surface area contributed by atoms with E-state index in [-0.39, 0.29) is 17.9 Å². The van der Waals surface area contributed by atoms with E-state index < -0.39 is 5.91 Å². The lowest BCUT2D eigenvalue weighted by atomic mass is 10.2. The van der Waals surface area contributed by atoms with Crippen molar-refractivity contribution in [3.8, 4) is 11.5 Å². The lowest BCUT2D eigenvalue weighted by molar-refractivity contribution is -0.124. The van der Waals surface area contributed by atoms with Crippen LogP contribution in [0.1, 0.15) is 13.3 Å². The maximum absolute atomic E-state index is 11.8. The molecule has 1 aromatic carbocycles. The van der Waals surface area contributed by atoms with Crippen molar-refractivity contribution in [1.82, 2.24) is 0 Å². The van der Waals surface area contributed by atoms with E-state index in [9.17, 15) is 9.59 Å². The Morgan fingerprint density at radius 2 is 1.72 bits per heavy atom. The third-order valence-electron chi connectivity index (χ3n) is 2.22. The van der Waals surface area contributed by atoms with Crippen LogP contribution in [0.25, 0.3) is 0 Å². The molecule has 0 bridgehead atoms. The van der Waals surface area contributed by atoms with Crippen molar-refractivity contribution in [3.63, 3.8) is 0 Å². The molecule has 0 aliphatic heterocycles. The summed E-state index contributed by atoms with van der Waals surface area (Å²) >= 11 is 5.94. The maximum Gasteiger partial charge on any atom is 0.249 e. The highest BCUT2D eigenvalue weighted by atomic mass is 35.5. The third kappa shape index (κ3) is 3.13. The number of anilines is 1.